The van der Waals surface area contributed by atoms with E-state index in [1.807, 2.05) is 26.8 Å². The maximum absolute atomic E-state index is 11.0. The first kappa shape index (κ1) is 17.7. The van der Waals surface area contributed by atoms with Crippen molar-refractivity contribution in [1.29, 1.82) is 0 Å². The Bertz CT molecular complexity index is 883. The first-order valence-corrected chi connectivity index (χ1v) is 10.2. The summed E-state index contributed by atoms with van der Waals surface area (Å²) in [4.78, 5) is 9.23. The van der Waals surface area contributed by atoms with E-state index in [2.05, 4.69) is 30.8 Å². The van der Waals surface area contributed by atoms with Crippen LogP contribution in [0.15, 0.2) is 12.1 Å². The highest BCUT2D eigenvalue weighted by molar-refractivity contribution is 5.55. The fraction of sp³-hybridized carbons (Fsp3) is 0.650. The van der Waals surface area contributed by atoms with Gasteiger partial charge < -0.3 is 20.5 Å². The van der Waals surface area contributed by atoms with E-state index >= 15 is 0 Å². The van der Waals surface area contributed by atoms with Gasteiger partial charge in [-0.2, -0.15) is 15.1 Å². The molecular formula is C20H28N6O2. The van der Waals surface area contributed by atoms with Crippen molar-refractivity contribution in [3.63, 3.8) is 0 Å². The second-order valence-electron chi connectivity index (χ2n) is 9.03. The average Bonchev–Trinajstić information content (AvgIpc) is 3.16. The molecule has 0 spiro atoms. The van der Waals surface area contributed by atoms with Crippen LogP contribution in [0.25, 0.3) is 0 Å². The fourth-order valence-electron chi connectivity index (χ4n) is 5.61. The van der Waals surface area contributed by atoms with Crippen molar-refractivity contribution in [1.82, 2.24) is 20.2 Å². The lowest BCUT2D eigenvalue weighted by Crippen LogP contribution is -2.37. The quantitative estimate of drug-likeness (QED) is 0.606. The number of rotatable bonds is 6. The van der Waals surface area contributed by atoms with Crippen molar-refractivity contribution >= 4 is 17.6 Å². The van der Waals surface area contributed by atoms with Crippen LogP contribution in [0.2, 0.25) is 0 Å². The molecule has 0 amide bonds. The molecule has 0 saturated heterocycles. The Morgan fingerprint density at radius 2 is 2.07 bits per heavy atom. The maximum atomic E-state index is 11.0. The van der Waals surface area contributed by atoms with Crippen molar-refractivity contribution in [3.05, 3.63) is 17.8 Å². The molecule has 4 N–H and O–H groups in total. The van der Waals surface area contributed by atoms with Crippen LogP contribution in [0.3, 0.4) is 0 Å². The highest BCUT2D eigenvalue weighted by atomic mass is 16.5. The van der Waals surface area contributed by atoms with E-state index < -0.39 is 5.60 Å². The number of aromatic amines is 1. The minimum absolute atomic E-state index is 0.0158. The number of anilines is 3. The lowest BCUT2D eigenvalue weighted by Gasteiger charge is -2.32. The van der Waals surface area contributed by atoms with Crippen LogP contribution in [0.4, 0.5) is 17.6 Å². The maximum Gasteiger partial charge on any atom is 0.228 e. The van der Waals surface area contributed by atoms with Crippen LogP contribution in [0.5, 0.6) is 5.88 Å². The third-order valence-corrected chi connectivity index (χ3v) is 6.43. The third-order valence-electron chi connectivity index (χ3n) is 6.43. The molecule has 0 aromatic carbocycles. The van der Waals surface area contributed by atoms with Crippen LogP contribution in [-0.4, -0.2) is 43.0 Å². The van der Waals surface area contributed by atoms with Crippen LogP contribution < -0.4 is 15.4 Å². The van der Waals surface area contributed by atoms with E-state index in [0.717, 1.165) is 25.0 Å². The molecule has 4 bridgehead atoms. The van der Waals surface area contributed by atoms with Crippen LogP contribution >= 0.6 is 0 Å². The van der Waals surface area contributed by atoms with E-state index in [0.29, 0.717) is 41.2 Å². The SMILES string of the molecule is Cc1cc(Nc2cc(OC(C)C)nc(NC3C4CC5CC3C(O)(C5)C4)n2)n[nH]1. The first-order chi connectivity index (χ1) is 13.4. The minimum atomic E-state index is -0.495. The predicted octanol–water partition coefficient (Wildman–Crippen LogP) is 3.00. The van der Waals surface area contributed by atoms with Gasteiger partial charge in [0.2, 0.25) is 11.8 Å². The van der Waals surface area contributed by atoms with Gasteiger partial charge in [-0.25, -0.2) is 0 Å². The smallest absolute Gasteiger partial charge is 0.228 e. The number of aryl methyl sites for hydroxylation is 1. The van der Waals surface area contributed by atoms with Crippen LogP contribution in [0.1, 0.15) is 45.2 Å². The van der Waals surface area contributed by atoms with Crippen molar-refractivity contribution in [3.8, 4) is 5.88 Å². The number of hydrogen-bond donors (Lipinski definition) is 4. The molecular weight excluding hydrogens is 356 g/mol. The first-order valence-electron chi connectivity index (χ1n) is 10.2. The predicted molar refractivity (Wildman–Crippen MR) is 106 cm³/mol. The molecule has 2 aromatic rings. The molecule has 0 aliphatic heterocycles. The van der Waals surface area contributed by atoms with E-state index in [-0.39, 0.29) is 12.1 Å². The molecule has 0 radical (unpaired) electrons. The molecule has 8 nitrogen and oxygen atoms in total. The highest BCUT2D eigenvalue weighted by Crippen LogP contribution is 2.60. The van der Waals surface area contributed by atoms with Crippen LogP contribution in [-0.2, 0) is 0 Å². The van der Waals surface area contributed by atoms with E-state index in [4.69, 9.17) is 4.74 Å². The summed E-state index contributed by atoms with van der Waals surface area (Å²) in [6.07, 6.45) is 4.16. The van der Waals surface area contributed by atoms with Crippen molar-refractivity contribution in [2.24, 2.45) is 17.8 Å². The zero-order valence-electron chi connectivity index (χ0n) is 16.6. The van der Waals surface area contributed by atoms with Gasteiger partial charge in [0.15, 0.2) is 5.82 Å². The highest BCUT2D eigenvalue weighted by Gasteiger charge is 2.62. The van der Waals surface area contributed by atoms with Gasteiger partial charge in [-0.05, 0) is 58.3 Å². The lowest BCUT2D eigenvalue weighted by molar-refractivity contribution is 0.00988. The summed E-state index contributed by atoms with van der Waals surface area (Å²) in [6.45, 7) is 5.90. The molecule has 6 rings (SSSR count). The summed E-state index contributed by atoms with van der Waals surface area (Å²) >= 11 is 0. The van der Waals surface area contributed by atoms with E-state index in [1.54, 1.807) is 6.07 Å². The second kappa shape index (κ2) is 6.34. The summed E-state index contributed by atoms with van der Waals surface area (Å²) < 4.78 is 5.84. The van der Waals surface area contributed by atoms with E-state index in [9.17, 15) is 5.11 Å². The third kappa shape index (κ3) is 3.09. The van der Waals surface area contributed by atoms with Gasteiger partial charge in [0.05, 0.1) is 11.7 Å². The van der Waals surface area contributed by atoms with E-state index in [1.165, 1.54) is 6.42 Å². The molecule has 4 fully saturated rings. The number of hydrogen-bond acceptors (Lipinski definition) is 7. The van der Waals surface area contributed by atoms with Crippen LogP contribution in [0, 0.1) is 24.7 Å². The fourth-order valence-corrected chi connectivity index (χ4v) is 5.61. The molecule has 28 heavy (non-hydrogen) atoms. The summed E-state index contributed by atoms with van der Waals surface area (Å²) in [5.74, 6) is 3.86. The van der Waals surface area contributed by atoms with Crippen molar-refractivity contribution in [2.45, 2.75) is 64.2 Å². The molecule has 150 valence electrons. The summed E-state index contributed by atoms with van der Waals surface area (Å²) in [7, 11) is 0. The Morgan fingerprint density at radius 3 is 2.79 bits per heavy atom. The Hall–Kier alpha value is -2.35. The van der Waals surface area contributed by atoms with Gasteiger partial charge in [0.1, 0.15) is 5.82 Å². The summed E-state index contributed by atoms with van der Waals surface area (Å²) in [6, 6.07) is 3.93. The zero-order valence-corrected chi connectivity index (χ0v) is 16.6. The number of ether oxygens (including phenoxy) is 1. The van der Waals surface area contributed by atoms with Crippen molar-refractivity contribution in [2.75, 3.05) is 10.6 Å². The largest absolute Gasteiger partial charge is 0.475 e. The molecule has 4 saturated carbocycles. The number of aromatic nitrogens is 4. The number of aliphatic hydroxyl groups is 1. The summed E-state index contributed by atoms with van der Waals surface area (Å²) in [5, 5.41) is 24.9. The molecule has 4 aliphatic carbocycles. The number of nitrogens with zero attached hydrogens (tertiary/aromatic N) is 3. The Labute approximate surface area is 164 Å². The monoisotopic (exact) mass is 384 g/mol. The van der Waals surface area contributed by atoms with Gasteiger partial charge in [-0.15, -0.1) is 0 Å². The summed E-state index contributed by atoms with van der Waals surface area (Å²) in [5.41, 5.74) is 0.477. The lowest BCUT2D eigenvalue weighted by atomic mass is 9.79. The van der Waals surface area contributed by atoms with Gasteiger partial charge in [-0.3, -0.25) is 5.10 Å². The van der Waals surface area contributed by atoms with Gasteiger partial charge in [-0.1, -0.05) is 0 Å². The van der Waals surface area contributed by atoms with Gasteiger partial charge in [0, 0.05) is 29.8 Å². The van der Waals surface area contributed by atoms with Crippen molar-refractivity contribution < 1.29 is 9.84 Å². The topological polar surface area (TPSA) is 108 Å². The standard InChI is InChI=1S/C20H28N6O2/c1-10(2)28-17-7-15(21-16-4-11(3)25-26-16)22-19(23-17)24-18-13-5-12-6-14(18)20(27,8-12)9-13/h4,7,10,12-14,18,27H,5-6,8-9H2,1-3H3,(H3,21,22,23,24,25,26). The molecule has 2 aromatic heterocycles. The van der Waals surface area contributed by atoms with Gasteiger partial charge >= 0.3 is 0 Å². The zero-order chi connectivity index (χ0) is 19.5. The molecule has 5 atom stereocenters. The molecule has 2 heterocycles. The minimum Gasteiger partial charge on any atom is -0.475 e. The molecule has 8 heteroatoms. The molecule has 5 unspecified atom stereocenters. The second-order valence-corrected chi connectivity index (χ2v) is 9.03. The Kier molecular flexibility index (Phi) is 4.01. The van der Waals surface area contributed by atoms with Gasteiger partial charge in [0.25, 0.3) is 0 Å². The Morgan fingerprint density at radius 1 is 1.21 bits per heavy atom. The molecule has 4 aliphatic rings. The number of H-pyrrole nitrogens is 1. The normalized spacial score (nSPS) is 32.9. The average molecular weight is 384 g/mol. The number of nitrogens with one attached hydrogen (secondary N) is 3. The Balaban J connectivity index is 1.41.